The highest BCUT2D eigenvalue weighted by molar-refractivity contribution is 7.03. The van der Waals surface area contributed by atoms with E-state index in [4.69, 9.17) is 0 Å². The Morgan fingerprint density at radius 3 is 2.23 bits per heavy atom. The summed E-state index contributed by atoms with van der Waals surface area (Å²) in [4.78, 5) is 25.2. The predicted octanol–water partition coefficient (Wildman–Crippen LogP) is 4.35. The molecule has 0 saturated carbocycles. The van der Waals surface area contributed by atoms with E-state index in [-0.39, 0.29) is 23.4 Å². The Morgan fingerprint density at radius 1 is 0.962 bits per heavy atom. The van der Waals surface area contributed by atoms with Gasteiger partial charge in [-0.2, -0.15) is 0 Å². The highest BCUT2D eigenvalue weighted by Crippen LogP contribution is 2.30. The molecule has 0 aliphatic carbocycles. The van der Waals surface area contributed by atoms with Gasteiger partial charge in [0.1, 0.15) is 0 Å². The topological polar surface area (TPSA) is 44.0 Å². The molecule has 0 fully saturated rings. The summed E-state index contributed by atoms with van der Waals surface area (Å²) in [6.45, 7) is 8.60. The highest BCUT2D eigenvalue weighted by Gasteiger charge is 2.23. The molecule has 0 N–H and O–H groups in total. The molecule has 0 aliphatic heterocycles. The van der Waals surface area contributed by atoms with Gasteiger partial charge in [-0.05, 0) is 29.0 Å². The number of aryl methyl sites for hydroxylation is 1. The summed E-state index contributed by atoms with van der Waals surface area (Å²) in [5.41, 5.74) is 3.41. The smallest absolute Gasteiger partial charge is 0.255 e. The van der Waals surface area contributed by atoms with Gasteiger partial charge in [-0.15, -0.1) is 0 Å². The van der Waals surface area contributed by atoms with Crippen LogP contribution in [0.2, 0.25) is 0 Å². The number of rotatable bonds is 3. The van der Waals surface area contributed by atoms with Crippen molar-refractivity contribution in [3.63, 3.8) is 0 Å². The van der Waals surface area contributed by atoms with Gasteiger partial charge in [0, 0.05) is 11.5 Å². The predicted molar refractivity (Wildman–Crippen MR) is 110 cm³/mol. The van der Waals surface area contributed by atoms with Crippen molar-refractivity contribution >= 4 is 11.5 Å². The maximum absolute atomic E-state index is 13.0. The molecule has 26 heavy (non-hydrogen) atoms. The number of benzene rings is 2. The number of hydrogen-bond donors (Lipinski definition) is 0. The molecule has 0 radical (unpaired) electrons. The van der Waals surface area contributed by atoms with Crippen molar-refractivity contribution in [1.29, 1.82) is 0 Å². The summed E-state index contributed by atoms with van der Waals surface area (Å²) in [6.07, 6.45) is 0. The molecule has 0 unspecified atom stereocenters. The van der Waals surface area contributed by atoms with Gasteiger partial charge in [-0.25, -0.2) is 13.3 Å². The van der Waals surface area contributed by atoms with Gasteiger partial charge in [0.25, 0.3) is 0 Å². The number of nitrogens with zero attached hydrogens (tertiary/aromatic N) is 2. The lowest BCUT2D eigenvalue weighted by atomic mass is 9.85. The van der Waals surface area contributed by atoms with Crippen LogP contribution in [0.1, 0.15) is 44.9 Å². The van der Waals surface area contributed by atoms with Crippen LogP contribution in [0.3, 0.4) is 0 Å². The van der Waals surface area contributed by atoms with E-state index in [0.29, 0.717) is 6.54 Å². The van der Waals surface area contributed by atoms with Crippen LogP contribution in [0.4, 0.5) is 0 Å². The van der Waals surface area contributed by atoms with Crippen LogP contribution in [0.25, 0.3) is 5.69 Å². The Kier molecular flexibility index (Phi) is 5.71. The molecule has 0 spiro atoms. The third-order valence-corrected chi connectivity index (χ3v) is 5.12. The summed E-state index contributed by atoms with van der Waals surface area (Å²) in [5, 5.41) is 0. The normalized spacial score (nSPS) is 11.2. The van der Waals surface area contributed by atoms with E-state index < -0.39 is 0 Å². The first-order valence-electron chi connectivity index (χ1n) is 8.26. The zero-order valence-electron chi connectivity index (χ0n) is 14.9. The molecule has 0 atom stereocenters. The second kappa shape index (κ2) is 7.46. The van der Waals surface area contributed by atoms with Crippen LogP contribution in [-0.4, -0.2) is 8.52 Å². The van der Waals surface area contributed by atoms with Crippen LogP contribution in [-0.2, 0) is 12.0 Å². The van der Waals surface area contributed by atoms with Crippen LogP contribution in [0.5, 0.6) is 0 Å². The summed E-state index contributed by atoms with van der Waals surface area (Å²) < 4.78 is 2.85. The molecule has 138 valence electrons. The van der Waals surface area contributed by atoms with Gasteiger partial charge in [0.05, 0.1) is 12.2 Å². The number of aromatic nitrogens is 2. The summed E-state index contributed by atoms with van der Waals surface area (Å²) in [5.74, 6) is 0. The molecule has 5 heteroatoms. The lowest BCUT2D eigenvalue weighted by Gasteiger charge is -2.23. The Bertz CT molecular complexity index is 1000. The van der Waals surface area contributed by atoms with Crippen LogP contribution in [0, 0.1) is 6.92 Å². The van der Waals surface area contributed by atoms with Gasteiger partial charge < -0.3 is 0 Å². The molecule has 0 saturated heterocycles. The highest BCUT2D eigenvalue weighted by atomic mass is 32.1. The van der Waals surface area contributed by atoms with Crippen molar-refractivity contribution < 1.29 is 0 Å². The second-order valence-electron chi connectivity index (χ2n) is 7.23. The fourth-order valence-corrected chi connectivity index (χ4v) is 3.84. The fourth-order valence-electron chi connectivity index (χ4n) is 2.93. The third-order valence-electron chi connectivity index (χ3n) is 4.23. The van der Waals surface area contributed by atoms with Crippen LogP contribution in [0.15, 0.2) is 58.1 Å². The lowest BCUT2D eigenvalue weighted by Crippen LogP contribution is -2.30. The van der Waals surface area contributed by atoms with Crippen molar-refractivity contribution in [2.75, 3.05) is 0 Å². The Morgan fingerprint density at radius 2 is 1.62 bits per heavy atom. The van der Waals surface area contributed by atoms with E-state index >= 15 is 0 Å². The van der Waals surface area contributed by atoms with Gasteiger partial charge in [0.2, 0.25) is 0 Å². The number of para-hydroxylation sites is 1. The molecular formula is C21H26N2O2S. The molecule has 4 nitrogen and oxygen atoms in total. The Hall–Kier alpha value is -2.40. The maximum Gasteiger partial charge on any atom is 0.346 e. The Balaban J connectivity index is 0.00000243. The summed E-state index contributed by atoms with van der Waals surface area (Å²) in [6, 6.07) is 15.6. The average molecular weight is 371 g/mol. The summed E-state index contributed by atoms with van der Waals surface area (Å²) >= 11 is 0.969. The molecule has 3 rings (SSSR count). The van der Waals surface area contributed by atoms with Gasteiger partial charge >= 0.3 is 10.6 Å². The molecular weight excluding hydrogens is 344 g/mol. The minimum Gasteiger partial charge on any atom is -0.255 e. The minimum atomic E-state index is -0.279. The van der Waals surface area contributed by atoms with Gasteiger partial charge in [0.15, 0.2) is 0 Å². The van der Waals surface area contributed by atoms with Crippen LogP contribution < -0.4 is 10.6 Å². The molecule has 1 aromatic heterocycles. The number of hydrogen-bond acceptors (Lipinski definition) is 3. The van der Waals surface area contributed by atoms with Crippen molar-refractivity contribution in [1.82, 2.24) is 8.52 Å². The SMILES string of the molecule is C.Cc1cccc(C(C)(C)C)c1-n1sc(=O)n(Cc2ccccc2)c1=O. The molecule has 1 heterocycles. The van der Waals surface area contributed by atoms with Crippen molar-refractivity contribution in [2.45, 2.75) is 47.1 Å². The Labute approximate surface area is 158 Å². The van der Waals surface area contributed by atoms with E-state index in [0.717, 1.165) is 33.9 Å². The molecule has 0 aliphatic rings. The fraction of sp³-hybridized carbons (Fsp3) is 0.333. The zero-order valence-corrected chi connectivity index (χ0v) is 15.8. The first-order chi connectivity index (χ1) is 11.8. The lowest BCUT2D eigenvalue weighted by molar-refractivity contribution is 0.585. The molecule has 2 aromatic carbocycles. The van der Waals surface area contributed by atoms with Crippen molar-refractivity contribution in [3.05, 3.63) is 85.4 Å². The average Bonchev–Trinajstić information content (AvgIpc) is 2.83. The zero-order chi connectivity index (χ0) is 18.2. The van der Waals surface area contributed by atoms with E-state index in [2.05, 4.69) is 20.8 Å². The molecule has 0 bridgehead atoms. The first-order valence-corrected chi connectivity index (χ1v) is 9.04. The van der Waals surface area contributed by atoms with E-state index in [9.17, 15) is 9.59 Å². The first kappa shape index (κ1) is 19.9. The molecule has 0 amide bonds. The molecule has 3 aromatic rings. The standard InChI is InChI=1S/C20H22N2O2S.CH4/c1-14-9-8-12-16(20(2,3)4)17(14)22-18(23)21(19(24)25-22)13-15-10-6-5-7-11-15;/h5-12H,13H2,1-4H3;1H4. The van der Waals surface area contributed by atoms with E-state index in [1.54, 1.807) is 3.96 Å². The van der Waals surface area contributed by atoms with E-state index in [1.165, 1.54) is 4.57 Å². The largest absolute Gasteiger partial charge is 0.346 e. The van der Waals surface area contributed by atoms with Crippen LogP contribution >= 0.6 is 11.5 Å². The maximum atomic E-state index is 13.0. The summed E-state index contributed by atoms with van der Waals surface area (Å²) in [7, 11) is 0. The third kappa shape index (κ3) is 3.73. The second-order valence-corrected chi connectivity index (χ2v) is 8.12. The monoisotopic (exact) mass is 370 g/mol. The minimum absolute atomic E-state index is 0. The van der Waals surface area contributed by atoms with Crippen molar-refractivity contribution in [2.24, 2.45) is 0 Å². The van der Waals surface area contributed by atoms with Gasteiger partial charge in [-0.3, -0.25) is 4.79 Å². The van der Waals surface area contributed by atoms with E-state index in [1.807, 2.05) is 55.5 Å². The van der Waals surface area contributed by atoms with Crippen molar-refractivity contribution in [3.8, 4) is 5.69 Å². The van der Waals surface area contributed by atoms with Gasteiger partial charge in [-0.1, -0.05) is 76.7 Å². The quantitative estimate of drug-likeness (QED) is 0.688.